The number of carbonyl (C=O) groups is 3. The highest BCUT2D eigenvalue weighted by Crippen LogP contribution is 2.23. The van der Waals surface area contributed by atoms with Crippen molar-refractivity contribution in [1.82, 2.24) is 19.8 Å². The molecular formula is C25H28N4O4. The van der Waals surface area contributed by atoms with Gasteiger partial charge in [-0.1, -0.05) is 18.2 Å². The van der Waals surface area contributed by atoms with E-state index >= 15 is 0 Å². The van der Waals surface area contributed by atoms with E-state index in [0.717, 1.165) is 52.2 Å². The number of H-pyrrole nitrogens is 1. The predicted molar refractivity (Wildman–Crippen MR) is 123 cm³/mol. The summed E-state index contributed by atoms with van der Waals surface area (Å²) in [6.07, 6.45) is 4.46. The molecule has 172 valence electrons. The molecule has 2 aliphatic rings. The molecule has 5 rings (SSSR count). The third kappa shape index (κ3) is 3.95. The summed E-state index contributed by atoms with van der Waals surface area (Å²) >= 11 is 0. The summed E-state index contributed by atoms with van der Waals surface area (Å²) in [5.74, 6) is -0.607. The molecule has 0 saturated carbocycles. The summed E-state index contributed by atoms with van der Waals surface area (Å²) in [6, 6.07) is 8.46. The van der Waals surface area contributed by atoms with Crippen molar-refractivity contribution in [2.75, 3.05) is 13.2 Å². The zero-order valence-corrected chi connectivity index (χ0v) is 18.9. The fourth-order valence-electron chi connectivity index (χ4n) is 4.97. The number of ketones is 1. The molecule has 1 aromatic carbocycles. The maximum atomic E-state index is 13.1. The molecule has 0 radical (unpaired) electrons. The molecule has 3 aromatic rings. The van der Waals surface area contributed by atoms with Gasteiger partial charge < -0.3 is 19.6 Å². The summed E-state index contributed by atoms with van der Waals surface area (Å²) in [5.41, 5.74) is 4.30. The van der Waals surface area contributed by atoms with Crippen molar-refractivity contribution < 1.29 is 19.1 Å². The number of nitrogens with one attached hydrogen (secondary N) is 2. The number of fused-ring (bicyclic) bond motifs is 1. The number of ether oxygens (including phenoxy) is 1. The second-order valence-electron chi connectivity index (χ2n) is 8.94. The van der Waals surface area contributed by atoms with Crippen molar-refractivity contribution in [2.45, 2.75) is 51.8 Å². The Hall–Kier alpha value is -3.39. The van der Waals surface area contributed by atoms with Crippen LogP contribution in [0.1, 0.15) is 40.2 Å². The molecule has 3 amide bonds. The summed E-state index contributed by atoms with van der Waals surface area (Å²) in [5, 5.41) is 3.76. The van der Waals surface area contributed by atoms with Crippen LogP contribution in [0.25, 0.3) is 10.9 Å². The van der Waals surface area contributed by atoms with E-state index in [9.17, 15) is 14.4 Å². The number of imide groups is 1. The minimum absolute atomic E-state index is 0.161. The van der Waals surface area contributed by atoms with Crippen LogP contribution in [0.5, 0.6) is 0 Å². The minimum atomic E-state index is -0.684. The molecule has 2 N–H and O–H groups in total. The molecule has 8 heteroatoms. The van der Waals surface area contributed by atoms with Gasteiger partial charge in [0.25, 0.3) is 5.91 Å². The second kappa shape index (κ2) is 8.51. The number of hydrogen-bond acceptors (Lipinski definition) is 4. The minimum Gasteiger partial charge on any atom is -0.376 e. The Labute approximate surface area is 191 Å². The topological polar surface area (TPSA) is 96.4 Å². The average Bonchev–Trinajstić information content (AvgIpc) is 3.57. The van der Waals surface area contributed by atoms with Gasteiger partial charge in [0, 0.05) is 53.6 Å². The molecule has 0 spiro atoms. The molecule has 2 saturated heterocycles. The molecule has 0 aliphatic carbocycles. The monoisotopic (exact) mass is 448 g/mol. The number of aromatic nitrogens is 2. The number of carbonyl (C=O) groups excluding carboxylic acids is 3. The molecule has 2 atom stereocenters. The number of aryl methyl sites for hydroxylation is 1. The molecule has 4 heterocycles. The number of aromatic amines is 1. The van der Waals surface area contributed by atoms with Gasteiger partial charge in [0.1, 0.15) is 6.04 Å². The number of nitrogens with zero attached hydrogens (tertiary/aromatic N) is 2. The first-order chi connectivity index (χ1) is 15.9. The van der Waals surface area contributed by atoms with E-state index in [2.05, 4.69) is 14.9 Å². The van der Waals surface area contributed by atoms with Gasteiger partial charge in [-0.05, 0) is 44.4 Å². The van der Waals surface area contributed by atoms with Crippen LogP contribution in [0.3, 0.4) is 0 Å². The van der Waals surface area contributed by atoms with Crippen LogP contribution < -0.4 is 5.32 Å². The maximum absolute atomic E-state index is 13.1. The van der Waals surface area contributed by atoms with Crippen molar-refractivity contribution in [2.24, 2.45) is 0 Å². The highest BCUT2D eigenvalue weighted by molar-refractivity contribution is 6.09. The van der Waals surface area contributed by atoms with Gasteiger partial charge in [0.05, 0.1) is 12.6 Å². The lowest BCUT2D eigenvalue weighted by Gasteiger charge is -2.15. The first-order valence-electron chi connectivity index (χ1n) is 11.4. The SMILES string of the molecule is Cc1cc(C(=O)CN2C(=O)NC(Cc3c[nH]c4ccccc34)C2=O)c(C)n1CC1CCCO1. The second-order valence-corrected chi connectivity index (χ2v) is 8.94. The first-order valence-corrected chi connectivity index (χ1v) is 11.4. The van der Waals surface area contributed by atoms with Crippen LogP contribution in [0.2, 0.25) is 0 Å². The fourth-order valence-corrected chi connectivity index (χ4v) is 4.97. The Kier molecular flexibility index (Phi) is 5.54. The molecule has 2 fully saturated rings. The normalized spacial score (nSPS) is 20.7. The quantitative estimate of drug-likeness (QED) is 0.429. The first kappa shape index (κ1) is 21.5. The lowest BCUT2D eigenvalue weighted by molar-refractivity contribution is -0.127. The van der Waals surface area contributed by atoms with Crippen molar-refractivity contribution in [1.29, 1.82) is 0 Å². The van der Waals surface area contributed by atoms with Gasteiger partial charge in [-0.3, -0.25) is 14.5 Å². The third-order valence-corrected chi connectivity index (χ3v) is 6.79. The van der Waals surface area contributed by atoms with Gasteiger partial charge in [-0.15, -0.1) is 0 Å². The van der Waals surface area contributed by atoms with Crippen LogP contribution in [0.15, 0.2) is 36.5 Å². The number of para-hydroxylation sites is 1. The van der Waals surface area contributed by atoms with Crippen LogP contribution in [-0.2, 0) is 22.5 Å². The smallest absolute Gasteiger partial charge is 0.325 e. The van der Waals surface area contributed by atoms with E-state index < -0.39 is 12.1 Å². The predicted octanol–water partition coefficient (Wildman–Crippen LogP) is 3.11. The van der Waals surface area contributed by atoms with Crippen LogP contribution in [0, 0.1) is 13.8 Å². The molecular weight excluding hydrogens is 420 g/mol. The van der Waals surface area contributed by atoms with Crippen LogP contribution in [-0.4, -0.2) is 57.5 Å². The summed E-state index contributed by atoms with van der Waals surface area (Å²) in [7, 11) is 0. The zero-order valence-electron chi connectivity index (χ0n) is 18.9. The number of hydrogen-bond donors (Lipinski definition) is 2. The highest BCUT2D eigenvalue weighted by Gasteiger charge is 2.39. The van der Waals surface area contributed by atoms with E-state index in [1.54, 1.807) is 0 Å². The Morgan fingerprint density at radius 3 is 2.82 bits per heavy atom. The van der Waals surface area contributed by atoms with Crippen molar-refractivity contribution in [3.8, 4) is 0 Å². The molecule has 2 aromatic heterocycles. The van der Waals surface area contributed by atoms with Gasteiger partial charge in [-0.2, -0.15) is 0 Å². The Bertz CT molecular complexity index is 1230. The van der Waals surface area contributed by atoms with E-state index in [1.165, 1.54) is 0 Å². The largest absolute Gasteiger partial charge is 0.376 e. The highest BCUT2D eigenvalue weighted by atomic mass is 16.5. The molecule has 0 bridgehead atoms. The Balaban J connectivity index is 1.29. The fraction of sp³-hybridized carbons (Fsp3) is 0.400. The lowest BCUT2D eigenvalue weighted by Crippen LogP contribution is -2.36. The summed E-state index contributed by atoms with van der Waals surface area (Å²) < 4.78 is 7.83. The van der Waals surface area contributed by atoms with Gasteiger partial charge in [0.2, 0.25) is 0 Å². The van der Waals surface area contributed by atoms with Crippen molar-refractivity contribution >= 4 is 28.6 Å². The number of benzene rings is 1. The molecule has 33 heavy (non-hydrogen) atoms. The van der Waals surface area contributed by atoms with E-state index in [1.807, 2.05) is 50.4 Å². The lowest BCUT2D eigenvalue weighted by atomic mass is 10.0. The summed E-state index contributed by atoms with van der Waals surface area (Å²) in [4.78, 5) is 42.9. The van der Waals surface area contributed by atoms with Gasteiger partial charge >= 0.3 is 6.03 Å². The number of rotatable bonds is 7. The maximum Gasteiger partial charge on any atom is 0.325 e. The zero-order chi connectivity index (χ0) is 23.1. The van der Waals surface area contributed by atoms with Crippen LogP contribution >= 0.6 is 0 Å². The molecule has 8 nitrogen and oxygen atoms in total. The van der Waals surface area contributed by atoms with Gasteiger partial charge in [-0.25, -0.2) is 4.79 Å². The number of urea groups is 1. The van der Waals surface area contributed by atoms with Crippen molar-refractivity contribution in [3.05, 3.63) is 59.0 Å². The van der Waals surface area contributed by atoms with E-state index in [0.29, 0.717) is 18.5 Å². The van der Waals surface area contributed by atoms with Crippen molar-refractivity contribution in [3.63, 3.8) is 0 Å². The molecule has 2 aliphatic heterocycles. The standard InChI is InChI=1S/C25H28N4O4/c1-15-10-20(16(2)28(15)13-18-6-5-9-33-18)23(30)14-29-24(31)22(27-25(29)32)11-17-12-26-21-8-4-3-7-19(17)21/h3-4,7-8,10,12,18,22,26H,5-6,9,11,13-14H2,1-2H3,(H,27,32). The van der Waals surface area contributed by atoms with E-state index in [-0.39, 0.29) is 24.3 Å². The third-order valence-electron chi connectivity index (χ3n) is 6.79. The molecule has 2 unspecified atom stereocenters. The van der Waals surface area contributed by atoms with Crippen LogP contribution in [0.4, 0.5) is 4.79 Å². The van der Waals surface area contributed by atoms with Gasteiger partial charge in [0.15, 0.2) is 5.78 Å². The Morgan fingerprint density at radius 2 is 2.03 bits per heavy atom. The average molecular weight is 449 g/mol. The number of amides is 3. The van der Waals surface area contributed by atoms with E-state index in [4.69, 9.17) is 4.74 Å². The number of Topliss-reactive ketones (excluding diaryl/α,β-unsaturated/α-hetero) is 1. The summed E-state index contributed by atoms with van der Waals surface area (Å²) in [6.45, 7) is 5.09. The Morgan fingerprint density at radius 1 is 1.21 bits per heavy atom.